The van der Waals surface area contributed by atoms with E-state index in [9.17, 15) is 17.2 Å². The van der Waals surface area contributed by atoms with E-state index in [1.807, 2.05) is 0 Å². The molecule has 2 aromatic carbocycles. The summed E-state index contributed by atoms with van der Waals surface area (Å²) in [6, 6.07) is 6.65. The molecule has 30 heavy (non-hydrogen) atoms. The number of anilines is 2. The number of hydrogen-bond donors (Lipinski definition) is 3. The molecule has 1 aliphatic rings. The molecular weight excluding hydrogens is 454 g/mol. The Morgan fingerprint density at radius 1 is 1.20 bits per heavy atom. The van der Waals surface area contributed by atoms with Gasteiger partial charge in [-0.15, -0.1) is 11.3 Å². The van der Waals surface area contributed by atoms with Gasteiger partial charge < -0.3 is 11.1 Å². The van der Waals surface area contributed by atoms with E-state index in [1.165, 1.54) is 28.3 Å². The molecule has 1 atom stereocenters. The quantitative estimate of drug-likeness (QED) is 0.430. The molecule has 4 rings (SSSR count). The number of nitrogens with zero attached hydrogens (tertiary/aromatic N) is 1. The van der Waals surface area contributed by atoms with Crippen LogP contribution < -0.4 is 15.8 Å². The number of thiazole rings is 1. The Morgan fingerprint density at radius 3 is 2.63 bits per heavy atom. The zero-order valence-corrected chi connectivity index (χ0v) is 17.8. The molecule has 1 aliphatic carbocycles. The summed E-state index contributed by atoms with van der Waals surface area (Å²) in [7, 11) is -4.23. The monoisotopic (exact) mass is 470 g/mol. The Bertz CT molecular complexity index is 1190. The number of nitrogens with one attached hydrogen (secondary N) is 2. The highest BCUT2D eigenvalue weighted by atomic mass is 35.5. The Balaban J connectivity index is 1.58. The van der Waals surface area contributed by atoms with E-state index in [2.05, 4.69) is 15.0 Å². The average molecular weight is 471 g/mol. The highest BCUT2D eigenvalue weighted by molar-refractivity contribution is 7.92. The van der Waals surface area contributed by atoms with E-state index < -0.39 is 32.7 Å². The standard InChI is InChI=1S/C19H17ClF2N4O2S2/c20-13-6-17(30(27,28)26-18-8-29-9-24-18)15(22)7-16(13)25-19(23)12-5-11(10-1-2-10)3-4-14(12)21/h3-10,19,25-26H,1-2,23H2/t19-/m1/s1. The van der Waals surface area contributed by atoms with Crippen LogP contribution in [0.5, 0.6) is 0 Å². The molecular formula is C19H17ClF2N4O2S2. The maximum Gasteiger partial charge on any atom is 0.266 e. The molecule has 0 radical (unpaired) electrons. The molecule has 1 heterocycles. The van der Waals surface area contributed by atoms with Crippen LogP contribution in [0.15, 0.2) is 46.1 Å². The summed E-state index contributed by atoms with van der Waals surface area (Å²) >= 11 is 7.35. The second-order valence-corrected chi connectivity index (χ2v) is 9.70. The lowest BCUT2D eigenvalue weighted by Gasteiger charge is -2.19. The highest BCUT2D eigenvalue weighted by Crippen LogP contribution is 2.41. The fraction of sp³-hybridized carbons (Fsp3) is 0.211. The Kier molecular flexibility index (Phi) is 5.67. The summed E-state index contributed by atoms with van der Waals surface area (Å²) in [5.41, 5.74) is 8.78. The van der Waals surface area contributed by atoms with Crippen LogP contribution in [0.4, 0.5) is 20.3 Å². The van der Waals surface area contributed by atoms with E-state index in [0.717, 1.165) is 30.5 Å². The van der Waals surface area contributed by atoms with Crippen LogP contribution in [-0.4, -0.2) is 13.4 Å². The third-order valence-electron chi connectivity index (χ3n) is 4.70. The topological polar surface area (TPSA) is 97.1 Å². The molecule has 1 fully saturated rings. The molecule has 1 aromatic heterocycles. The highest BCUT2D eigenvalue weighted by Gasteiger charge is 2.26. The molecule has 0 amide bonds. The first-order valence-electron chi connectivity index (χ1n) is 8.96. The first-order chi connectivity index (χ1) is 14.2. The third-order valence-corrected chi connectivity index (χ3v) is 6.97. The Labute approximate surface area is 181 Å². The number of nitrogens with two attached hydrogens (primary N) is 1. The minimum absolute atomic E-state index is 0.0468. The van der Waals surface area contributed by atoms with Crippen molar-refractivity contribution < 1.29 is 17.2 Å². The lowest BCUT2D eigenvalue weighted by atomic mass is 10.0. The van der Waals surface area contributed by atoms with Crippen molar-refractivity contribution in [1.29, 1.82) is 0 Å². The Morgan fingerprint density at radius 2 is 1.97 bits per heavy atom. The van der Waals surface area contributed by atoms with Crippen LogP contribution >= 0.6 is 22.9 Å². The maximum absolute atomic E-state index is 14.6. The van der Waals surface area contributed by atoms with Gasteiger partial charge in [-0.25, -0.2) is 22.2 Å². The van der Waals surface area contributed by atoms with E-state index in [4.69, 9.17) is 17.3 Å². The molecule has 0 unspecified atom stereocenters. The molecule has 0 aliphatic heterocycles. The van der Waals surface area contributed by atoms with E-state index in [0.29, 0.717) is 5.92 Å². The van der Waals surface area contributed by atoms with E-state index in [-0.39, 0.29) is 22.1 Å². The Hall–Kier alpha value is -2.27. The van der Waals surface area contributed by atoms with Crippen LogP contribution in [0.1, 0.15) is 36.1 Å². The first-order valence-corrected chi connectivity index (χ1v) is 11.8. The first kappa shape index (κ1) is 21.0. The van der Waals surface area contributed by atoms with Crippen molar-refractivity contribution in [3.05, 3.63) is 69.0 Å². The van der Waals surface area contributed by atoms with Gasteiger partial charge in [0.05, 0.1) is 16.2 Å². The molecule has 0 spiro atoms. The number of hydrogen-bond acceptors (Lipinski definition) is 6. The smallest absolute Gasteiger partial charge is 0.266 e. The number of benzene rings is 2. The predicted octanol–water partition coefficient (Wildman–Crippen LogP) is 4.82. The second kappa shape index (κ2) is 8.10. The van der Waals surface area contributed by atoms with Gasteiger partial charge in [0.15, 0.2) is 5.82 Å². The summed E-state index contributed by atoms with van der Waals surface area (Å²) < 4.78 is 55.9. The van der Waals surface area contributed by atoms with Crippen LogP contribution in [0.2, 0.25) is 5.02 Å². The summed E-state index contributed by atoms with van der Waals surface area (Å²) in [6.45, 7) is 0. The van der Waals surface area contributed by atoms with Crippen LogP contribution in [-0.2, 0) is 10.0 Å². The maximum atomic E-state index is 14.6. The zero-order chi connectivity index (χ0) is 21.5. The number of halogens is 3. The van der Waals surface area contributed by atoms with Gasteiger partial charge in [-0.3, -0.25) is 4.72 Å². The SMILES string of the molecule is N[C@H](Nc1cc(F)c(S(=O)(=O)Nc2cscn2)cc1Cl)c1cc(C2CC2)ccc1F. The predicted molar refractivity (Wildman–Crippen MR) is 113 cm³/mol. The van der Waals surface area contributed by atoms with Crippen molar-refractivity contribution in [3.63, 3.8) is 0 Å². The van der Waals surface area contributed by atoms with E-state index >= 15 is 0 Å². The summed E-state index contributed by atoms with van der Waals surface area (Å²) in [6.07, 6.45) is 1.10. The van der Waals surface area contributed by atoms with Crippen LogP contribution in [0, 0.1) is 11.6 Å². The van der Waals surface area contributed by atoms with E-state index in [1.54, 1.807) is 12.1 Å². The van der Waals surface area contributed by atoms with Gasteiger partial charge in [0, 0.05) is 10.9 Å². The molecule has 11 heteroatoms. The minimum atomic E-state index is -4.23. The van der Waals surface area contributed by atoms with Gasteiger partial charge in [-0.05, 0) is 48.6 Å². The fourth-order valence-corrected chi connectivity index (χ4v) is 4.94. The molecule has 3 aromatic rings. The van der Waals surface area contributed by atoms with Gasteiger partial charge in [0.2, 0.25) is 0 Å². The van der Waals surface area contributed by atoms with Crippen molar-refractivity contribution in [3.8, 4) is 0 Å². The van der Waals surface area contributed by atoms with Crippen LogP contribution in [0.25, 0.3) is 0 Å². The zero-order valence-electron chi connectivity index (χ0n) is 15.4. The van der Waals surface area contributed by atoms with Gasteiger partial charge in [0.25, 0.3) is 10.0 Å². The molecule has 1 saturated carbocycles. The second-order valence-electron chi connectivity index (χ2n) is 6.92. The van der Waals surface area contributed by atoms with Gasteiger partial charge in [0.1, 0.15) is 22.7 Å². The van der Waals surface area contributed by atoms with Gasteiger partial charge in [-0.2, -0.15) is 0 Å². The van der Waals surface area contributed by atoms with Crippen molar-refractivity contribution in [1.82, 2.24) is 4.98 Å². The summed E-state index contributed by atoms with van der Waals surface area (Å²) in [5, 5.41) is 4.15. The van der Waals surface area contributed by atoms with Crippen molar-refractivity contribution in [2.75, 3.05) is 10.0 Å². The number of rotatable bonds is 7. The minimum Gasteiger partial charge on any atom is -0.365 e. The lowest BCUT2D eigenvalue weighted by molar-refractivity contribution is 0.570. The fourth-order valence-electron chi connectivity index (χ4n) is 3.02. The van der Waals surface area contributed by atoms with Crippen molar-refractivity contribution >= 4 is 44.5 Å². The van der Waals surface area contributed by atoms with Crippen molar-refractivity contribution in [2.24, 2.45) is 5.73 Å². The number of sulfonamides is 1. The molecule has 0 bridgehead atoms. The third kappa shape index (κ3) is 4.41. The molecule has 6 nitrogen and oxygen atoms in total. The average Bonchev–Trinajstić information content (AvgIpc) is 3.42. The normalized spacial score (nSPS) is 15.1. The lowest BCUT2D eigenvalue weighted by Crippen LogP contribution is -2.22. The number of aromatic nitrogens is 1. The largest absolute Gasteiger partial charge is 0.365 e. The summed E-state index contributed by atoms with van der Waals surface area (Å²) in [5.74, 6) is -1.05. The van der Waals surface area contributed by atoms with Crippen molar-refractivity contribution in [2.45, 2.75) is 29.8 Å². The summed E-state index contributed by atoms with van der Waals surface area (Å²) in [4.78, 5) is 3.17. The van der Waals surface area contributed by atoms with Crippen LogP contribution in [0.3, 0.4) is 0 Å². The van der Waals surface area contributed by atoms with Gasteiger partial charge >= 0.3 is 0 Å². The molecule has 158 valence electrons. The van der Waals surface area contributed by atoms with Gasteiger partial charge in [-0.1, -0.05) is 17.7 Å². The molecule has 4 N–H and O–H groups in total. The molecule has 0 saturated heterocycles.